The fourth-order valence-electron chi connectivity index (χ4n) is 3.44. The Kier molecular flexibility index (Phi) is 4.83. The lowest BCUT2D eigenvalue weighted by Crippen LogP contribution is -2.21. The van der Waals surface area contributed by atoms with Gasteiger partial charge in [-0.3, -0.25) is 9.36 Å². The predicted octanol–water partition coefficient (Wildman–Crippen LogP) is 3.82. The summed E-state index contributed by atoms with van der Waals surface area (Å²) >= 11 is 6.28. The number of halogens is 1. The second kappa shape index (κ2) is 7.81. The van der Waals surface area contributed by atoms with E-state index in [2.05, 4.69) is 15.1 Å². The highest BCUT2D eigenvalue weighted by molar-refractivity contribution is 6.31. The summed E-state index contributed by atoms with van der Waals surface area (Å²) in [6, 6.07) is 14.9. The molecule has 0 saturated carbocycles. The number of nitrogens with zero attached hydrogens (tertiary/aromatic N) is 6. The molecule has 0 aliphatic carbocycles. The molecule has 0 fully saturated rings. The van der Waals surface area contributed by atoms with Crippen molar-refractivity contribution < 1.29 is 4.74 Å². The molecule has 5 aromatic rings. The molecule has 0 aliphatic rings. The van der Waals surface area contributed by atoms with E-state index in [1.807, 2.05) is 49.4 Å². The van der Waals surface area contributed by atoms with Gasteiger partial charge in [0.1, 0.15) is 17.2 Å². The van der Waals surface area contributed by atoms with Crippen LogP contribution < -0.4 is 5.56 Å². The topological polar surface area (TPSA) is 87.2 Å². The van der Waals surface area contributed by atoms with E-state index in [0.29, 0.717) is 44.9 Å². The average molecular weight is 433 g/mol. The maximum atomic E-state index is 13.5. The molecule has 0 radical (unpaired) electrons. The van der Waals surface area contributed by atoms with Gasteiger partial charge in [0.15, 0.2) is 17.7 Å². The number of fused-ring (bicyclic) bond motifs is 4. The number of ether oxygens (including phenoxy) is 1. The molecular formula is C22H17ClN6O2. The third kappa shape index (κ3) is 3.30. The molecule has 2 aromatic carbocycles. The third-order valence-electron chi connectivity index (χ3n) is 4.91. The molecule has 0 bridgehead atoms. The fourth-order valence-corrected chi connectivity index (χ4v) is 3.64. The van der Waals surface area contributed by atoms with Crippen LogP contribution in [0.5, 0.6) is 0 Å². The fraction of sp³-hybridized carbons (Fsp3) is 0.136. The lowest BCUT2D eigenvalue weighted by Gasteiger charge is -2.07. The van der Waals surface area contributed by atoms with Crippen molar-refractivity contribution in [2.45, 2.75) is 13.5 Å². The molecule has 0 amide bonds. The molecule has 0 unspecified atom stereocenters. The van der Waals surface area contributed by atoms with Gasteiger partial charge in [-0.25, -0.2) is 15.0 Å². The molecule has 3 heterocycles. The monoisotopic (exact) mass is 432 g/mol. The summed E-state index contributed by atoms with van der Waals surface area (Å²) in [6.45, 7) is 2.61. The first kappa shape index (κ1) is 19.2. The minimum atomic E-state index is -0.245. The van der Waals surface area contributed by atoms with Crippen LogP contribution in [0.4, 0.5) is 0 Å². The van der Waals surface area contributed by atoms with Gasteiger partial charge in [-0.15, -0.1) is 5.10 Å². The van der Waals surface area contributed by atoms with Gasteiger partial charge in [-0.2, -0.15) is 4.68 Å². The van der Waals surface area contributed by atoms with Crippen molar-refractivity contribution in [3.05, 3.63) is 75.8 Å². The van der Waals surface area contributed by atoms with Gasteiger partial charge in [-0.1, -0.05) is 41.9 Å². The van der Waals surface area contributed by atoms with E-state index in [9.17, 15) is 4.79 Å². The quantitative estimate of drug-likeness (QED) is 0.311. The van der Waals surface area contributed by atoms with Crippen LogP contribution >= 0.6 is 11.6 Å². The van der Waals surface area contributed by atoms with Crippen molar-refractivity contribution in [1.29, 1.82) is 0 Å². The first-order chi connectivity index (χ1) is 15.2. The molecule has 0 atom stereocenters. The standard InChI is InChI=1S/C22H17ClN6O2/c1-2-31-13-25-29-20-18(19-21(29)27-17-10-6-5-9-16(17)26-19)22(30)28(12-24-20)11-14-7-3-4-8-15(14)23/h3-10,12-13H,2,11H2,1H3/b25-13-. The zero-order valence-electron chi connectivity index (χ0n) is 16.6. The molecule has 154 valence electrons. The van der Waals surface area contributed by atoms with E-state index < -0.39 is 0 Å². The first-order valence-corrected chi connectivity index (χ1v) is 10.1. The number of hydrogen-bond donors (Lipinski definition) is 0. The van der Waals surface area contributed by atoms with Crippen molar-refractivity contribution in [2.75, 3.05) is 6.61 Å². The number of aromatic nitrogens is 5. The van der Waals surface area contributed by atoms with Gasteiger partial charge < -0.3 is 4.74 Å². The Morgan fingerprint density at radius 2 is 1.81 bits per heavy atom. The molecule has 5 rings (SSSR count). The van der Waals surface area contributed by atoms with Crippen molar-refractivity contribution in [2.24, 2.45) is 5.10 Å². The van der Waals surface area contributed by atoms with Gasteiger partial charge >= 0.3 is 0 Å². The minimum Gasteiger partial charge on any atom is -0.482 e. The number of hydrogen-bond acceptors (Lipinski definition) is 6. The predicted molar refractivity (Wildman–Crippen MR) is 121 cm³/mol. The van der Waals surface area contributed by atoms with Crippen LogP contribution in [0, 0.1) is 0 Å². The summed E-state index contributed by atoms with van der Waals surface area (Å²) in [6.07, 6.45) is 2.80. The summed E-state index contributed by atoms with van der Waals surface area (Å²) in [7, 11) is 0. The number of rotatable bonds is 5. The van der Waals surface area contributed by atoms with E-state index >= 15 is 0 Å². The van der Waals surface area contributed by atoms with Gasteiger partial charge in [0.2, 0.25) is 0 Å². The summed E-state index contributed by atoms with van der Waals surface area (Å²) in [5, 5.41) is 5.25. The van der Waals surface area contributed by atoms with E-state index in [0.717, 1.165) is 5.56 Å². The van der Waals surface area contributed by atoms with Crippen LogP contribution in [0.3, 0.4) is 0 Å². The van der Waals surface area contributed by atoms with Crippen LogP contribution in [-0.2, 0) is 11.3 Å². The maximum Gasteiger partial charge on any atom is 0.265 e. The number of benzene rings is 2. The van der Waals surface area contributed by atoms with Gasteiger partial charge in [0.25, 0.3) is 5.56 Å². The molecule has 9 heteroatoms. The smallest absolute Gasteiger partial charge is 0.265 e. The SMILES string of the molecule is CCO/C=N\n1c2nc3ccccc3nc2c2c(=O)n(Cc3ccccc3Cl)cnc21. The molecule has 0 aliphatic heterocycles. The highest BCUT2D eigenvalue weighted by Crippen LogP contribution is 2.25. The Bertz CT molecular complexity index is 1520. The molecule has 0 saturated heterocycles. The van der Waals surface area contributed by atoms with Crippen LogP contribution in [-0.4, -0.2) is 37.2 Å². The summed E-state index contributed by atoms with van der Waals surface area (Å²) in [4.78, 5) is 27.3. The molecule has 0 N–H and O–H groups in total. The highest BCUT2D eigenvalue weighted by atomic mass is 35.5. The second-order valence-corrected chi connectivity index (χ2v) is 7.25. The Labute approximate surface area is 181 Å². The lowest BCUT2D eigenvalue weighted by molar-refractivity contribution is 0.341. The van der Waals surface area contributed by atoms with Crippen molar-refractivity contribution >= 4 is 51.2 Å². The summed E-state index contributed by atoms with van der Waals surface area (Å²) in [5.41, 5.74) is 3.19. The van der Waals surface area contributed by atoms with E-state index in [1.54, 1.807) is 6.07 Å². The van der Waals surface area contributed by atoms with Gasteiger partial charge in [0.05, 0.1) is 24.2 Å². The lowest BCUT2D eigenvalue weighted by atomic mass is 10.2. The van der Waals surface area contributed by atoms with E-state index in [-0.39, 0.29) is 12.1 Å². The Hall–Kier alpha value is -3.78. The molecular weight excluding hydrogens is 416 g/mol. The Morgan fingerprint density at radius 3 is 2.58 bits per heavy atom. The summed E-state index contributed by atoms with van der Waals surface area (Å²) < 4.78 is 8.25. The molecule has 8 nitrogen and oxygen atoms in total. The molecule has 31 heavy (non-hydrogen) atoms. The number of para-hydroxylation sites is 2. The maximum absolute atomic E-state index is 13.5. The second-order valence-electron chi connectivity index (χ2n) is 6.84. The highest BCUT2D eigenvalue weighted by Gasteiger charge is 2.20. The third-order valence-corrected chi connectivity index (χ3v) is 5.28. The molecule has 3 aromatic heterocycles. The zero-order valence-corrected chi connectivity index (χ0v) is 17.3. The minimum absolute atomic E-state index is 0.245. The average Bonchev–Trinajstić information content (AvgIpc) is 3.09. The van der Waals surface area contributed by atoms with E-state index in [4.69, 9.17) is 21.3 Å². The summed E-state index contributed by atoms with van der Waals surface area (Å²) in [5.74, 6) is 0. The Morgan fingerprint density at radius 1 is 1.06 bits per heavy atom. The first-order valence-electron chi connectivity index (χ1n) is 9.71. The zero-order chi connectivity index (χ0) is 21.4. The van der Waals surface area contributed by atoms with Crippen LogP contribution in [0.25, 0.3) is 33.2 Å². The van der Waals surface area contributed by atoms with Gasteiger partial charge in [-0.05, 0) is 30.7 Å². The van der Waals surface area contributed by atoms with Crippen molar-refractivity contribution in [3.63, 3.8) is 0 Å². The van der Waals surface area contributed by atoms with Gasteiger partial charge in [0, 0.05) is 5.02 Å². The van der Waals surface area contributed by atoms with Crippen LogP contribution in [0.1, 0.15) is 12.5 Å². The van der Waals surface area contributed by atoms with Crippen LogP contribution in [0.15, 0.2) is 64.8 Å². The Balaban J connectivity index is 1.79. The molecule has 0 spiro atoms. The normalized spacial score (nSPS) is 11.8. The van der Waals surface area contributed by atoms with Crippen molar-refractivity contribution in [3.8, 4) is 0 Å². The van der Waals surface area contributed by atoms with Crippen molar-refractivity contribution in [1.82, 2.24) is 24.2 Å². The largest absolute Gasteiger partial charge is 0.482 e. The van der Waals surface area contributed by atoms with Crippen LogP contribution in [0.2, 0.25) is 5.02 Å². The van der Waals surface area contributed by atoms with E-state index in [1.165, 1.54) is 22.0 Å².